The normalized spacial score (nSPS) is 16.2. The maximum Gasteiger partial charge on any atom is 0.261 e. The van der Waals surface area contributed by atoms with Gasteiger partial charge in [-0.3, -0.25) is 14.4 Å². The summed E-state index contributed by atoms with van der Waals surface area (Å²) in [6.07, 6.45) is 2.10. The van der Waals surface area contributed by atoms with Gasteiger partial charge in [0.15, 0.2) is 5.78 Å². The van der Waals surface area contributed by atoms with Crippen molar-refractivity contribution in [3.8, 4) is 0 Å². The van der Waals surface area contributed by atoms with Crippen LogP contribution < -0.4 is 10.9 Å². The molecular formula is C23H28N2O3S. The molecule has 0 aliphatic heterocycles. The fourth-order valence-corrected chi connectivity index (χ4v) is 4.57. The van der Waals surface area contributed by atoms with Crippen molar-refractivity contribution >= 4 is 29.1 Å². The molecule has 5 nitrogen and oxygen atoms in total. The van der Waals surface area contributed by atoms with Gasteiger partial charge in [-0.05, 0) is 55.0 Å². The zero-order valence-corrected chi connectivity index (χ0v) is 18.5. The van der Waals surface area contributed by atoms with Crippen molar-refractivity contribution in [1.29, 1.82) is 0 Å². The first-order valence-corrected chi connectivity index (χ1v) is 10.9. The maximum absolute atomic E-state index is 12.8. The number of carbonyl (C=O) groups is 2. The van der Waals surface area contributed by atoms with Crippen molar-refractivity contribution in [3.05, 3.63) is 57.0 Å². The van der Waals surface area contributed by atoms with Gasteiger partial charge >= 0.3 is 0 Å². The zero-order valence-electron chi connectivity index (χ0n) is 17.6. The number of Topliss-reactive ketones (excluding diaryl/α,β-unsaturated/α-hetero) is 1. The van der Waals surface area contributed by atoms with Crippen LogP contribution in [0.3, 0.4) is 0 Å². The molecule has 154 valence electrons. The molecule has 6 heteroatoms. The Balaban J connectivity index is 1.84. The molecule has 0 radical (unpaired) electrons. The van der Waals surface area contributed by atoms with Crippen LogP contribution >= 0.6 is 11.8 Å². The second-order valence-corrected chi connectivity index (χ2v) is 10.1. The highest BCUT2D eigenvalue weighted by Gasteiger charge is 2.32. The number of rotatable bonds is 5. The Labute approximate surface area is 175 Å². The molecule has 29 heavy (non-hydrogen) atoms. The van der Waals surface area contributed by atoms with Gasteiger partial charge in [-0.2, -0.15) is 0 Å². The smallest absolute Gasteiger partial charge is 0.261 e. The minimum absolute atomic E-state index is 0.0331. The lowest BCUT2D eigenvalue weighted by atomic mass is 9.75. The van der Waals surface area contributed by atoms with E-state index in [-0.39, 0.29) is 16.8 Å². The second kappa shape index (κ2) is 8.19. The minimum Gasteiger partial charge on any atom is -0.325 e. The molecule has 3 rings (SSSR count). The molecule has 0 saturated carbocycles. The summed E-state index contributed by atoms with van der Waals surface area (Å²) in [5, 5.41) is 3.34. The number of H-pyrrole nitrogens is 1. The van der Waals surface area contributed by atoms with Crippen LogP contribution in [0.4, 0.5) is 5.69 Å². The van der Waals surface area contributed by atoms with Crippen LogP contribution in [-0.2, 0) is 6.42 Å². The number of thioether (sulfide) groups is 1. The van der Waals surface area contributed by atoms with Crippen molar-refractivity contribution in [2.45, 2.75) is 64.0 Å². The summed E-state index contributed by atoms with van der Waals surface area (Å²) >= 11 is 1.79. The van der Waals surface area contributed by atoms with Gasteiger partial charge in [0.05, 0.1) is 0 Å². The summed E-state index contributed by atoms with van der Waals surface area (Å²) in [6.45, 7) is 10.3. The average molecular weight is 413 g/mol. The van der Waals surface area contributed by atoms with Crippen molar-refractivity contribution in [2.75, 3.05) is 5.32 Å². The molecule has 1 heterocycles. The minimum atomic E-state index is -0.503. The van der Waals surface area contributed by atoms with Gasteiger partial charge in [0.25, 0.3) is 11.5 Å². The third kappa shape index (κ3) is 4.81. The quantitative estimate of drug-likeness (QED) is 0.679. The average Bonchev–Trinajstić information content (AvgIpc) is 2.62. The molecule has 1 aliphatic carbocycles. The largest absolute Gasteiger partial charge is 0.325 e. The molecule has 0 saturated heterocycles. The Morgan fingerprint density at radius 2 is 1.97 bits per heavy atom. The number of amides is 1. The molecule has 1 atom stereocenters. The number of hydrogen-bond donors (Lipinski definition) is 2. The third-order valence-corrected chi connectivity index (χ3v) is 6.58. The number of carbonyl (C=O) groups excluding carboxylic acids is 2. The van der Waals surface area contributed by atoms with Gasteiger partial charge in [-0.25, -0.2) is 0 Å². The van der Waals surface area contributed by atoms with E-state index < -0.39 is 11.5 Å². The number of benzene rings is 1. The molecule has 2 N–H and O–H groups in total. The molecule has 1 amide bonds. The molecule has 2 aromatic rings. The number of anilines is 1. The van der Waals surface area contributed by atoms with E-state index in [9.17, 15) is 14.4 Å². The Bertz CT molecular complexity index is 1020. The fraction of sp³-hybridized carbons (Fsp3) is 0.435. The Hall–Kier alpha value is -2.34. The molecule has 1 aromatic carbocycles. The summed E-state index contributed by atoms with van der Waals surface area (Å²) in [4.78, 5) is 41.7. The van der Waals surface area contributed by atoms with Gasteiger partial charge in [0.1, 0.15) is 5.56 Å². The summed E-state index contributed by atoms with van der Waals surface area (Å²) in [7, 11) is 0. The van der Waals surface area contributed by atoms with E-state index in [2.05, 4.69) is 24.1 Å². The summed E-state index contributed by atoms with van der Waals surface area (Å²) in [5.41, 5.74) is 1.97. The Kier molecular flexibility index (Phi) is 6.03. The van der Waals surface area contributed by atoms with Gasteiger partial charge in [0.2, 0.25) is 0 Å². The third-order valence-electron chi connectivity index (χ3n) is 5.32. The molecule has 0 fully saturated rings. The Morgan fingerprint density at radius 3 is 2.62 bits per heavy atom. The number of nitrogens with one attached hydrogen (secondary N) is 2. The standard InChI is InChI=1S/C23H28N2O3S/c1-6-14(3)29-15-7-8-18(13(2)9-15)24-21(27)17-10-16-19(25-22(17)28)11-23(4,5)12-20(16)26/h7-10,14H,6,11-12H2,1-5H3,(H,24,27)(H,25,28). The van der Waals surface area contributed by atoms with Gasteiger partial charge < -0.3 is 10.3 Å². The van der Waals surface area contributed by atoms with Crippen LogP contribution in [0.15, 0.2) is 34.0 Å². The maximum atomic E-state index is 12.8. The predicted octanol–water partition coefficient (Wildman–Crippen LogP) is 4.98. The molecular weight excluding hydrogens is 384 g/mol. The first-order chi connectivity index (χ1) is 13.6. The summed E-state index contributed by atoms with van der Waals surface area (Å²) in [6, 6.07) is 7.32. The lowest BCUT2D eigenvalue weighted by Gasteiger charge is -2.29. The van der Waals surface area contributed by atoms with E-state index >= 15 is 0 Å². The van der Waals surface area contributed by atoms with Crippen molar-refractivity contribution in [1.82, 2.24) is 4.98 Å². The van der Waals surface area contributed by atoms with Crippen molar-refractivity contribution < 1.29 is 9.59 Å². The number of pyridine rings is 1. The topological polar surface area (TPSA) is 79.0 Å². The van der Waals surface area contributed by atoms with Gasteiger partial charge in [0, 0.05) is 33.5 Å². The highest BCUT2D eigenvalue weighted by Crippen LogP contribution is 2.33. The van der Waals surface area contributed by atoms with Crippen molar-refractivity contribution in [3.63, 3.8) is 0 Å². The first-order valence-electron chi connectivity index (χ1n) is 9.97. The number of aromatic nitrogens is 1. The van der Waals surface area contributed by atoms with Crippen LogP contribution in [0.5, 0.6) is 0 Å². The van der Waals surface area contributed by atoms with Crippen molar-refractivity contribution in [2.24, 2.45) is 5.41 Å². The van der Waals surface area contributed by atoms with E-state index in [1.165, 1.54) is 6.07 Å². The predicted molar refractivity (Wildman–Crippen MR) is 118 cm³/mol. The second-order valence-electron chi connectivity index (χ2n) is 8.61. The van der Waals surface area contributed by atoms with Gasteiger partial charge in [-0.1, -0.05) is 27.7 Å². The van der Waals surface area contributed by atoms with E-state index in [1.807, 2.05) is 39.0 Å². The SMILES string of the molecule is CCC(C)Sc1ccc(NC(=O)c2cc3c([nH]c2=O)CC(C)(C)CC3=O)c(C)c1. The van der Waals surface area contributed by atoms with Crippen LogP contribution in [0, 0.1) is 12.3 Å². The lowest BCUT2D eigenvalue weighted by Crippen LogP contribution is -2.32. The highest BCUT2D eigenvalue weighted by molar-refractivity contribution is 7.99. The molecule has 0 spiro atoms. The highest BCUT2D eigenvalue weighted by atomic mass is 32.2. The fourth-order valence-electron chi connectivity index (χ4n) is 3.55. The number of aromatic amines is 1. The van der Waals surface area contributed by atoms with Crippen LogP contribution in [-0.4, -0.2) is 21.9 Å². The lowest BCUT2D eigenvalue weighted by molar-refractivity contribution is 0.0910. The van der Waals surface area contributed by atoms with Crippen LogP contribution in [0.2, 0.25) is 0 Å². The van der Waals surface area contributed by atoms with E-state index in [0.717, 1.165) is 16.9 Å². The number of ketones is 1. The Morgan fingerprint density at radius 1 is 1.24 bits per heavy atom. The van der Waals surface area contributed by atoms with Gasteiger partial charge in [-0.15, -0.1) is 11.8 Å². The molecule has 1 aliphatic rings. The first kappa shape index (κ1) is 21.4. The van der Waals surface area contributed by atoms with E-state index in [4.69, 9.17) is 0 Å². The number of aryl methyl sites for hydroxylation is 1. The number of hydrogen-bond acceptors (Lipinski definition) is 4. The zero-order chi connectivity index (χ0) is 21.3. The van der Waals surface area contributed by atoms with E-state index in [0.29, 0.717) is 35.0 Å². The summed E-state index contributed by atoms with van der Waals surface area (Å²) in [5.74, 6) is -0.540. The summed E-state index contributed by atoms with van der Waals surface area (Å²) < 4.78 is 0. The monoisotopic (exact) mass is 412 g/mol. The van der Waals surface area contributed by atoms with Crippen LogP contribution in [0.1, 0.15) is 72.5 Å². The van der Waals surface area contributed by atoms with E-state index in [1.54, 1.807) is 11.8 Å². The molecule has 1 unspecified atom stereocenters. The number of fused-ring (bicyclic) bond motifs is 1. The molecule has 1 aromatic heterocycles. The van der Waals surface area contributed by atoms with Crippen LogP contribution in [0.25, 0.3) is 0 Å². The molecule has 0 bridgehead atoms.